The molecule has 98 valence electrons. The number of aliphatic hydroxyl groups excluding tert-OH is 1. The second-order valence-electron chi connectivity index (χ2n) is 3.66. The third-order valence-corrected chi connectivity index (χ3v) is 3.37. The van der Waals surface area contributed by atoms with E-state index >= 15 is 0 Å². The zero-order chi connectivity index (χ0) is 13.5. The van der Waals surface area contributed by atoms with Crippen LogP contribution >= 0.6 is 11.3 Å². The van der Waals surface area contributed by atoms with Gasteiger partial charge in [0.15, 0.2) is 11.5 Å². The minimum absolute atomic E-state index is 0.136. The Labute approximate surface area is 116 Å². The lowest BCUT2D eigenvalue weighted by molar-refractivity contribution is 0.287. The molecule has 0 fully saturated rings. The Morgan fingerprint density at radius 1 is 1.21 bits per heavy atom. The standard InChI is InChI=1S/C15H14O3S/c1-17-13-6-2-3-7-14(13)18-11-15-12(5-4-9-16)8-10-19-15/h2-3,6-8,10,16H,9,11H2,1H3. The van der Waals surface area contributed by atoms with Gasteiger partial charge in [-0.25, -0.2) is 0 Å². The molecule has 0 aliphatic rings. The fraction of sp³-hybridized carbons (Fsp3) is 0.200. The average molecular weight is 274 g/mol. The van der Waals surface area contributed by atoms with Gasteiger partial charge in [-0.15, -0.1) is 11.3 Å². The second kappa shape index (κ2) is 6.83. The molecule has 0 unspecified atom stereocenters. The van der Waals surface area contributed by atoms with Gasteiger partial charge in [-0.05, 0) is 23.6 Å². The van der Waals surface area contributed by atoms with E-state index in [4.69, 9.17) is 14.6 Å². The van der Waals surface area contributed by atoms with E-state index in [1.54, 1.807) is 18.4 Å². The van der Waals surface area contributed by atoms with Crippen LogP contribution in [-0.4, -0.2) is 18.8 Å². The molecule has 0 atom stereocenters. The Balaban J connectivity index is 2.08. The summed E-state index contributed by atoms with van der Waals surface area (Å²) in [4.78, 5) is 1.03. The van der Waals surface area contributed by atoms with E-state index in [0.29, 0.717) is 18.1 Å². The predicted molar refractivity (Wildman–Crippen MR) is 75.6 cm³/mol. The molecule has 0 radical (unpaired) electrons. The molecule has 3 nitrogen and oxygen atoms in total. The molecule has 1 N–H and O–H groups in total. The van der Waals surface area contributed by atoms with E-state index in [1.165, 1.54) is 0 Å². The summed E-state index contributed by atoms with van der Waals surface area (Å²) in [6.07, 6.45) is 0. The second-order valence-corrected chi connectivity index (χ2v) is 4.66. The van der Waals surface area contributed by atoms with Crippen molar-refractivity contribution in [2.45, 2.75) is 6.61 Å². The van der Waals surface area contributed by atoms with Gasteiger partial charge in [0.1, 0.15) is 13.2 Å². The van der Waals surface area contributed by atoms with Gasteiger partial charge in [0.05, 0.1) is 12.0 Å². The van der Waals surface area contributed by atoms with Crippen LogP contribution in [0.1, 0.15) is 10.4 Å². The van der Waals surface area contributed by atoms with Gasteiger partial charge in [0, 0.05) is 5.56 Å². The number of rotatable bonds is 4. The summed E-state index contributed by atoms with van der Waals surface area (Å²) in [5, 5.41) is 10.7. The van der Waals surface area contributed by atoms with Gasteiger partial charge < -0.3 is 14.6 Å². The first-order valence-electron chi connectivity index (χ1n) is 5.77. The topological polar surface area (TPSA) is 38.7 Å². The van der Waals surface area contributed by atoms with Crippen LogP contribution in [0.4, 0.5) is 0 Å². The number of ether oxygens (including phenoxy) is 2. The molecule has 1 heterocycles. The Morgan fingerprint density at radius 2 is 2.00 bits per heavy atom. The van der Waals surface area contributed by atoms with E-state index in [9.17, 15) is 0 Å². The van der Waals surface area contributed by atoms with Crippen molar-refractivity contribution < 1.29 is 14.6 Å². The van der Waals surface area contributed by atoms with Crippen LogP contribution in [0.15, 0.2) is 35.7 Å². The number of para-hydroxylation sites is 2. The lowest BCUT2D eigenvalue weighted by Gasteiger charge is -2.09. The van der Waals surface area contributed by atoms with Crippen molar-refractivity contribution >= 4 is 11.3 Å². The summed E-state index contributed by atoms with van der Waals surface area (Å²) in [7, 11) is 1.62. The van der Waals surface area contributed by atoms with Crippen LogP contribution < -0.4 is 9.47 Å². The van der Waals surface area contributed by atoms with Crippen LogP contribution in [0.25, 0.3) is 0 Å². The highest BCUT2D eigenvalue weighted by Gasteiger charge is 2.06. The first-order valence-corrected chi connectivity index (χ1v) is 6.65. The zero-order valence-electron chi connectivity index (χ0n) is 10.6. The number of benzene rings is 1. The van der Waals surface area contributed by atoms with Crippen LogP contribution in [0.3, 0.4) is 0 Å². The van der Waals surface area contributed by atoms with Gasteiger partial charge in [-0.3, -0.25) is 0 Å². The third-order valence-electron chi connectivity index (χ3n) is 2.48. The molecule has 0 aliphatic carbocycles. The number of hydrogen-bond acceptors (Lipinski definition) is 4. The lowest BCUT2D eigenvalue weighted by atomic mass is 10.2. The molecule has 0 saturated carbocycles. The summed E-state index contributed by atoms with van der Waals surface area (Å²) in [6, 6.07) is 9.45. The minimum atomic E-state index is -0.136. The molecule has 1 aromatic carbocycles. The van der Waals surface area contributed by atoms with Crippen molar-refractivity contribution in [1.82, 2.24) is 0 Å². The Kier molecular flexibility index (Phi) is 4.85. The molecule has 4 heteroatoms. The first kappa shape index (κ1) is 13.5. The highest BCUT2D eigenvalue weighted by Crippen LogP contribution is 2.27. The average Bonchev–Trinajstić information content (AvgIpc) is 2.90. The molecule has 2 aromatic rings. The van der Waals surface area contributed by atoms with E-state index in [0.717, 1.165) is 10.4 Å². The summed E-state index contributed by atoms with van der Waals surface area (Å²) in [6.45, 7) is 0.302. The van der Waals surface area contributed by atoms with E-state index in [-0.39, 0.29) is 6.61 Å². The number of aliphatic hydroxyl groups is 1. The van der Waals surface area contributed by atoms with Crippen molar-refractivity contribution in [3.63, 3.8) is 0 Å². The Hall–Kier alpha value is -1.96. The normalized spacial score (nSPS) is 9.58. The van der Waals surface area contributed by atoms with E-state index in [1.807, 2.05) is 35.7 Å². The molecule has 0 saturated heterocycles. The quantitative estimate of drug-likeness (QED) is 0.871. The van der Waals surface area contributed by atoms with Gasteiger partial charge in [0.2, 0.25) is 0 Å². The molecule has 1 aromatic heterocycles. The molecule has 0 spiro atoms. The monoisotopic (exact) mass is 274 g/mol. The summed E-state index contributed by atoms with van der Waals surface area (Å²) >= 11 is 1.58. The van der Waals surface area contributed by atoms with Crippen molar-refractivity contribution in [3.05, 3.63) is 46.2 Å². The maximum atomic E-state index is 8.71. The maximum absolute atomic E-state index is 8.71. The highest BCUT2D eigenvalue weighted by atomic mass is 32.1. The predicted octanol–water partition coefficient (Wildman–Crippen LogP) is 2.68. The molecular formula is C15H14O3S. The van der Waals surface area contributed by atoms with E-state index in [2.05, 4.69) is 11.8 Å². The van der Waals surface area contributed by atoms with Crippen LogP contribution in [-0.2, 0) is 6.61 Å². The van der Waals surface area contributed by atoms with E-state index < -0.39 is 0 Å². The molecule has 0 bridgehead atoms. The smallest absolute Gasteiger partial charge is 0.161 e. The maximum Gasteiger partial charge on any atom is 0.161 e. The largest absolute Gasteiger partial charge is 0.493 e. The molecular weight excluding hydrogens is 260 g/mol. The Bertz CT molecular complexity index is 593. The van der Waals surface area contributed by atoms with Crippen LogP contribution in [0.2, 0.25) is 0 Å². The number of thiophene rings is 1. The number of hydrogen-bond donors (Lipinski definition) is 1. The minimum Gasteiger partial charge on any atom is -0.493 e. The molecule has 2 rings (SSSR count). The van der Waals surface area contributed by atoms with Gasteiger partial charge in [0.25, 0.3) is 0 Å². The SMILES string of the molecule is COc1ccccc1OCc1sccc1C#CCO. The highest BCUT2D eigenvalue weighted by molar-refractivity contribution is 7.10. The van der Waals surface area contributed by atoms with Crippen LogP contribution in [0, 0.1) is 11.8 Å². The van der Waals surface area contributed by atoms with Gasteiger partial charge >= 0.3 is 0 Å². The Morgan fingerprint density at radius 3 is 2.74 bits per heavy atom. The van der Waals surface area contributed by atoms with Crippen LogP contribution in [0.5, 0.6) is 11.5 Å². The van der Waals surface area contributed by atoms with Crippen molar-refractivity contribution in [2.24, 2.45) is 0 Å². The number of methoxy groups -OCH3 is 1. The third kappa shape index (κ3) is 3.50. The van der Waals surface area contributed by atoms with Crippen molar-refractivity contribution in [2.75, 3.05) is 13.7 Å². The summed E-state index contributed by atoms with van der Waals surface area (Å²) in [5.74, 6) is 6.97. The molecule has 0 aliphatic heterocycles. The lowest BCUT2D eigenvalue weighted by Crippen LogP contribution is -1.97. The molecule has 0 amide bonds. The zero-order valence-corrected chi connectivity index (χ0v) is 11.4. The summed E-state index contributed by atoms with van der Waals surface area (Å²) < 4.78 is 11.0. The van der Waals surface area contributed by atoms with Crippen molar-refractivity contribution in [1.29, 1.82) is 0 Å². The fourth-order valence-electron chi connectivity index (χ4n) is 1.58. The van der Waals surface area contributed by atoms with Gasteiger partial charge in [-0.1, -0.05) is 24.0 Å². The first-order chi connectivity index (χ1) is 9.35. The molecule has 19 heavy (non-hydrogen) atoms. The van der Waals surface area contributed by atoms with Gasteiger partial charge in [-0.2, -0.15) is 0 Å². The fourth-order valence-corrected chi connectivity index (χ4v) is 2.32. The van der Waals surface area contributed by atoms with Crippen molar-refractivity contribution in [3.8, 4) is 23.3 Å². The summed E-state index contributed by atoms with van der Waals surface area (Å²) in [5.41, 5.74) is 0.897.